The van der Waals surface area contributed by atoms with Crippen LogP contribution >= 0.6 is 11.6 Å². The van der Waals surface area contributed by atoms with Crippen LogP contribution in [0.15, 0.2) is 48.5 Å². The van der Waals surface area contributed by atoms with Crippen LogP contribution in [0.4, 0.5) is 0 Å². The molecular formula is C20H22ClN3O2. The summed E-state index contributed by atoms with van der Waals surface area (Å²) < 4.78 is 2.14. The Balaban J connectivity index is 2.02. The first kappa shape index (κ1) is 18.4. The molecular weight excluding hydrogens is 350 g/mol. The highest BCUT2D eigenvalue weighted by Gasteiger charge is 2.19. The molecule has 0 aliphatic rings. The molecule has 0 saturated carbocycles. The number of aliphatic carboxylic acids is 1. The van der Waals surface area contributed by atoms with Crippen LogP contribution in [-0.4, -0.2) is 38.1 Å². The summed E-state index contributed by atoms with van der Waals surface area (Å²) in [5, 5.41) is 9.84. The third kappa shape index (κ3) is 4.23. The molecule has 1 aromatic heterocycles. The van der Waals surface area contributed by atoms with Gasteiger partial charge in [-0.1, -0.05) is 41.9 Å². The molecule has 0 aliphatic carbocycles. The topological polar surface area (TPSA) is 58.4 Å². The number of carboxylic acid groups (broad SMARTS) is 1. The molecule has 0 radical (unpaired) electrons. The summed E-state index contributed by atoms with van der Waals surface area (Å²) in [6.45, 7) is 5.09. The molecule has 0 aliphatic heterocycles. The van der Waals surface area contributed by atoms with Crippen LogP contribution in [0.1, 0.15) is 25.2 Å². The highest BCUT2D eigenvalue weighted by Crippen LogP contribution is 2.23. The SMILES string of the molecule is CC(C)N(CC(=O)O)Cc1nc2cc(Cl)ccc2n1Cc1ccccc1. The van der Waals surface area contributed by atoms with Crippen molar-refractivity contribution in [2.24, 2.45) is 0 Å². The van der Waals surface area contributed by atoms with Crippen LogP contribution in [0, 0.1) is 0 Å². The number of rotatable bonds is 7. The Labute approximate surface area is 157 Å². The number of hydrogen-bond acceptors (Lipinski definition) is 3. The lowest BCUT2D eigenvalue weighted by molar-refractivity contribution is -0.139. The second-order valence-corrected chi connectivity index (χ2v) is 7.06. The monoisotopic (exact) mass is 371 g/mol. The van der Waals surface area contributed by atoms with E-state index in [1.54, 1.807) is 0 Å². The summed E-state index contributed by atoms with van der Waals surface area (Å²) in [5.41, 5.74) is 2.98. The number of carboxylic acids is 1. The zero-order valence-electron chi connectivity index (χ0n) is 14.9. The van der Waals surface area contributed by atoms with E-state index in [9.17, 15) is 9.90 Å². The third-order valence-electron chi connectivity index (χ3n) is 4.39. The van der Waals surface area contributed by atoms with Gasteiger partial charge >= 0.3 is 5.97 Å². The van der Waals surface area contributed by atoms with E-state index in [2.05, 4.69) is 16.7 Å². The van der Waals surface area contributed by atoms with E-state index >= 15 is 0 Å². The second kappa shape index (κ2) is 7.89. The number of nitrogens with zero attached hydrogens (tertiary/aromatic N) is 3. The van der Waals surface area contributed by atoms with Gasteiger partial charge in [0.1, 0.15) is 5.82 Å². The molecule has 0 amide bonds. The van der Waals surface area contributed by atoms with Gasteiger partial charge in [0, 0.05) is 17.6 Å². The van der Waals surface area contributed by atoms with Crippen LogP contribution in [0.5, 0.6) is 0 Å². The molecule has 136 valence electrons. The van der Waals surface area contributed by atoms with E-state index in [4.69, 9.17) is 16.6 Å². The molecule has 3 aromatic rings. The molecule has 1 N–H and O–H groups in total. The highest BCUT2D eigenvalue weighted by molar-refractivity contribution is 6.31. The van der Waals surface area contributed by atoms with Gasteiger partial charge in [0.15, 0.2) is 0 Å². The van der Waals surface area contributed by atoms with Crippen molar-refractivity contribution in [1.82, 2.24) is 14.5 Å². The molecule has 0 bridgehead atoms. The number of benzene rings is 2. The predicted octanol–water partition coefficient (Wildman–Crippen LogP) is 4.03. The maximum Gasteiger partial charge on any atom is 0.317 e. The minimum atomic E-state index is -0.840. The summed E-state index contributed by atoms with van der Waals surface area (Å²) in [4.78, 5) is 17.8. The van der Waals surface area contributed by atoms with Crippen LogP contribution in [0.25, 0.3) is 11.0 Å². The van der Waals surface area contributed by atoms with Crippen molar-refractivity contribution in [3.05, 3.63) is 64.9 Å². The smallest absolute Gasteiger partial charge is 0.317 e. The first-order valence-electron chi connectivity index (χ1n) is 8.58. The Bertz CT molecular complexity index is 906. The molecule has 2 aromatic carbocycles. The van der Waals surface area contributed by atoms with Crippen molar-refractivity contribution >= 4 is 28.6 Å². The van der Waals surface area contributed by atoms with Crippen molar-refractivity contribution in [3.63, 3.8) is 0 Å². The first-order valence-corrected chi connectivity index (χ1v) is 8.96. The van der Waals surface area contributed by atoms with Crippen LogP contribution in [0.2, 0.25) is 5.02 Å². The van der Waals surface area contributed by atoms with E-state index < -0.39 is 5.97 Å². The lowest BCUT2D eigenvalue weighted by Crippen LogP contribution is -2.36. The minimum Gasteiger partial charge on any atom is -0.480 e. The van der Waals surface area contributed by atoms with Crippen molar-refractivity contribution in [2.75, 3.05) is 6.54 Å². The number of imidazole rings is 1. The van der Waals surface area contributed by atoms with Crippen molar-refractivity contribution in [1.29, 1.82) is 0 Å². The second-order valence-electron chi connectivity index (χ2n) is 6.63. The van der Waals surface area contributed by atoms with Gasteiger partial charge in [-0.25, -0.2) is 4.98 Å². The fourth-order valence-electron chi connectivity index (χ4n) is 2.99. The molecule has 0 atom stereocenters. The van der Waals surface area contributed by atoms with Crippen molar-refractivity contribution in [2.45, 2.75) is 33.0 Å². The average molecular weight is 372 g/mol. The van der Waals surface area contributed by atoms with Crippen LogP contribution in [-0.2, 0) is 17.9 Å². The standard InChI is InChI=1S/C20H22ClN3O2/c1-14(2)23(13-20(25)26)12-19-22-17-10-16(21)8-9-18(17)24(19)11-15-6-4-3-5-7-15/h3-10,14H,11-13H2,1-2H3,(H,25,26). The molecule has 0 unspecified atom stereocenters. The summed E-state index contributed by atoms with van der Waals surface area (Å²) >= 11 is 6.13. The maximum atomic E-state index is 11.2. The summed E-state index contributed by atoms with van der Waals surface area (Å²) in [7, 11) is 0. The number of halogens is 1. The zero-order chi connectivity index (χ0) is 18.7. The van der Waals surface area contributed by atoms with E-state index in [-0.39, 0.29) is 12.6 Å². The fourth-order valence-corrected chi connectivity index (χ4v) is 3.16. The van der Waals surface area contributed by atoms with Gasteiger partial charge in [-0.2, -0.15) is 0 Å². The van der Waals surface area contributed by atoms with Gasteiger partial charge in [0.25, 0.3) is 0 Å². The third-order valence-corrected chi connectivity index (χ3v) is 4.62. The summed E-state index contributed by atoms with van der Waals surface area (Å²) in [5.74, 6) is -0.00599. The molecule has 0 spiro atoms. The maximum absolute atomic E-state index is 11.2. The van der Waals surface area contributed by atoms with Crippen molar-refractivity contribution in [3.8, 4) is 0 Å². The first-order chi connectivity index (χ1) is 12.4. The molecule has 6 heteroatoms. The van der Waals surface area contributed by atoms with E-state index in [0.717, 1.165) is 22.4 Å². The number of aromatic nitrogens is 2. The fraction of sp³-hybridized carbons (Fsp3) is 0.300. The van der Waals surface area contributed by atoms with Gasteiger partial charge in [-0.05, 0) is 37.6 Å². The quantitative estimate of drug-likeness (QED) is 0.681. The van der Waals surface area contributed by atoms with E-state index in [0.29, 0.717) is 18.1 Å². The Hall–Kier alpha value is -2.37. The Morgan fingerprint density at radius 1 is 1.23 bits per heavy atom. The number of hydrogen-bond donors (Lipinski definition) is 1. The number of fused-ring (bicyclic) bond motifs is 1. The molecule has 1 heterocycles. The van der Waals surface area contributed by atoms with Crippen LogP contribution in [0.3, 0.4) is 0 Å². The molecule has 0 saturated heterocycles. The predicted molar refractivity (Wildman–Crippen MR) is 103 cm³/mol. The average Bonchev–Trinajstić information content (AvgIpc) is 2.91. The largest absolute Gasteiger partial charge is 0.480 e. The van der Waals surface area contributed by atoms with Gasteiger partial charge in [-0.3, -0.25) is 9.69 Å². The van der Waals surface area contributed by atoms with Crippen molar-refractivity contribution < 1.29 is 9.90 Å². The highest BCUT2D eigenvalue weighted by atomic mass is 35.5. The molecule has 0 fully saturated rings. The Kier molecular flexibility index (Phi) is 5.59. The van der Waals surface area contributed by atoms with Gasteiger partial charge in [0.2, 0.25) is 0 Å². The normalized spacial score (nSPS) is 11.6. The summed E-state index contributed by atoms with van der Waals surface area (Å²) in [6, 6.07) is 15.9. The number of carbonyl (C=O) groups is 1. The minimum absolute atomic E-state index is 0.0209. The van der Waals surface area contributed by atoms with E-state index in [1.807, 2.05) is 55.1 Å². The molecule has 5 nitrogen and oxygen atoms in total. The lowest BCUT2D eigenvalue weighted by atomic mass is 10.2. The zero-order valence-corrected chi connectivity index (χ0v) is 15.6. The molecule has 26 heavy (non-hydrogen) atoms. The molecule has 3 rings (SSSR count). The lowest BCUT2D eigenvalue weighted by Gasteiger charge is -2.24. The van der Waals surface area contributed by atoms with Crippen LogP contribution < -0.4 is 0 Å². The Morgan fingerprint density at radius 2 is 1.96 bits per heavy atom. The van der Waals surface area contributed by atoms with E-state index in [1.165, 1.54) is 0 Å². The summed E-state index contributed by atoms with van der Waals surface area (Å²) in [6.07, 6.45) is 0. The van der Waals surface area contributed by atoms with Gasteiger partial charge < -0.3 is 9.67 Å². The van der Waals surface area contributed by atoms with Gasteiger partial charge in [-0.15, -0.1) is 0 Å². The van der Waals surface area contributed by atoms with Gasteiger partial charge in [0.05, 0.1) is 24.1 Å². The Morgan fingerprint density at radius 3 is 2.62 bits per heavy atom.